The highest BCUT2D eigenvalue weighted by molar-refractivity contribution is 5.98. The maximum Gasteiger partial charge on any atom is 0.407 e. The van der Waals surface area contributed by atoms with Gasteiger partial charge in [-0.3, -0.25) is 14.4 Å². The first-order chi connectivity index (χ1) is 21.5. The summed E-state index contributed by atoms with van der Waals surface area (Å²) in [5.74, 6) is -2.46. The number of aliphatic hydroxyl groups is 2. The number of alkyl carbamates (subject to hydrolysis) is 1. The van der Waals surface area contributed by atoms with Crippen LogP contribution in [0.5, 0.6) is 0 Å². The summed E-state index contributed by atoms with van der Waals surface area (Å²) in [6.45, 7) is 9.04. The van der Waals surface area contributed by atoms with Crippen molar-refractivity contribution in [2.45, 2.75) is 95.9 Å². The highest BCUT2D eigenvalue weighted by Crippen LogP contribution is 2.16. The lowest BCUT2D eigenvalue weighted by atomic mass is 9.96. The second-order valence-electron chi connectivity index (χ2n) is 12.5. The van der Waals surface area contributed by atoms with Crippen molar-refractivity contribution in [3.8, 4) is 0 Å². The Balaban J connectivity index is 2.05. The van der Waals surface area contributed by atoms with Gasteiger partial charge >= 0.3 is 12.1 Å². The van der Waals surface area contributed by atoms with E-state index in [1.54, 1.807) is 58.9 Å². The number of urea groups is 1. The third-order valence-corrected chi connectivity index (χ3v) is 6.98. The number of anilines is 1. The molecule has 1 heterocycles. The third kappa shape index (κ3) is 12.8. The van der Waals surface area contributed by atoms with Crippen molar-refractivity contribution in [1.82, 2.24) is 21.3 Å². The van der Waals surface area contributed by atoms with E-state index in [2.05, 4.69) is 26.6 Å². The Morgan fingerprint density at radius 2 is 1.63 bits per heavy atom. The van der Waals surface area contributed by atoms with Crippen LogP contribution in [0.3, 0.4) is 0 Å². The second-order valence-corrected chi connectivity index (χ2v) is 12.5. The molecule has 0 saturated carbocycles. The standard InChI is InChI=1S/C30H49N7O9/c1-16(2)21(37-27(42)24-23(39)22(38)19(31)15-45-24)26(41)36-20(7-6-13-33-28(32)43)25(40)35-18-10-8-17(9-11-18)12-14-34-29(44)46-30(3,4)5/h8-11,16,19-24,38-39H,6-7,12-15,31H2,1-5H3,(H,34,44)(H,35,40)(H,36,41)(H,37,42)(H3,32,33,43)/t19?,20?,21-,22-,23?,24+/m1/s1. The number of ether oxygens (including phenoxy) is 2. The van der Waals surface area contributed by atoms with Crippen LogP contribution < -0.4 is 38.1 Å². The number of nitrogens with two attached hydrogens (primary N) is 2. The van der Waals surface area contributed by atoms with Gasteiger partial charge in [-0.2, -0.15) is 0 Å². The van der Waals surface area contributed by atoms with Crippen LogP contribution >= 0.6 is 0 Å². The quantitative estimate of drug-likeness (QED) is 0.113. The van der Waals surface area contributed by atoms with Crippen molar-refractivity contribution in [3.05, 3.63) is 29.8 Å². The Hall–Kier alpha value is -3.99. The fourth-order valence-electron chi connectivity index (χ4n) is 4.50. The first-order valence-electron chi connectivity index (χ1n) is 15.2. The fourth-order valence-corrected chi connectivity index (χ4v) is 4.50. The monoisotopic (exact) mass is 651 g/mol. The smallest absolute Gasteiger partial charge is 0.407 e. The molecule has 16 heteroatoms. The predicted molar refractivity (Wildman–Crippen MR) is 168 cm³/mol. The van der Waals surface area contributed by atoms with Gasteiger partial charge in [-0.05, 0) is 63.6 Å². The minimum absolute atomic E-state index is 0.125. The van der Waals surface area contributed by atoms with Crippen LogP contribution in [-0.4, -0.2) is 102 Å². The molecular formula is C30H49N7O9. The van der Waals surface area contributed by atoms with Crippen LogP contribution in [0.25, 0.3) is 0 Å². The fraction of sp³-hybridized carbons (Fsp3) is 0.633. The van der Waals surface area contributed by atoms with Crippen LogP contribution in [0.1, 0.15) is 53.0 Å². The van der Waals surface area contributed by atoms with Gasteiger partial charge in [-0.1, -0.05) is 26.0 Å². The molecule has 0 bridgehead atoms. The number of aliphatic hydroxyl groups excluding tert-OH is 2. The third-order valence-electron chi connectivity index (χ3n) is 6.98. The molecule has 46 heavy (non-hydrogen) atoms. The van der Waals surface area contributed by atoms with Crippen molar-refractivity contribution in [3.63, 3.8) is 0 Å². The van der Waals surface area contributed by atoms with Gasteiger partial charge in [0.1, 0.15) is 29.9 Å². The van der Waals surface area contributed by atoms with Gasteiger partial charge in [0, 0.05) is 18.8 Å². The van der Waals surface area contributed by atoms with E-state index in [0.29, 0.717) is 25.1 Å². The summed E-state index contributed by atoms with van der Waals surface area (Å²) in [5, 5.41) is 33.4. The molecule has 16 nitrogen and oxygen atoms in total. The maximum absolute atomic E-state index is 13.4. The number of hydrogen-bond donors (Lipinski definition) is 9. The minimum Gasteiger partial charge on any atom is -0.444 e. The first-order valence-corrected chi connectivity index (χ1v) is 15.2. The Bertz CT molecular complexity index is 1190. The van der Waals surface area contributed by atoms with Crippen LogP contribution in [-0.2, 0) is 30.3 Å². The number of nitrogens with one attached hydrogen (secondary N) is 5. The molecule has 1 aliphatic heterocycles. The van der Waals surface area contributed by atoms with Gasteiger partial charge in [-0.25, -0.2) is 9.59 Å². The molecule has 0 spiro atoms. The molecule has 0 radical (unpaired) electrons. The lowest BCUT2D eigenvalue weighted by Crippen LogP contribution is -2.63. The average molecular weight is 652 g/mol. The SMILES string of the molecule is CC(C)[C@@H](NC(=O)[C@H]1OCC(N)[C@@H](O)C1O)C(=O)NC(CCCNC(N)=O)C(=O)Nc1ccc(CCNC(=O)OC(C)(C)C)cc1. The zero-order chi connectivity index (χ0) is 34.6. The second kappa shape index (κ2) is 17.6. The average Bonchev–Trinajstić information content (AvgIpc) is 2.95. The molecular weight excluding hydrogens is 602 g/mol. The summed E-state index contributed by atoms with van der Waals surface area (Å²) in [5.41, 5.74) is 11.5. The topological polar surface area (TPSA) is 256 Å². The highest BCUT2D eigenvalue weighted by atomic mass is 16.6. The number of carbonyl (C=O) groups excluding carboxylic acids is 5. The number of hydrogen-bond acceptors (Lipinski definition) is 10. The number of amides is 6. The molecule has 3 unspecified atom stereocenters. The molecule has 6 atom stereocenters. The maximum atomic E-state index is 13.4. The van der Waals surface area contributed by atoms with Crippen molar-refractivity contribution in [2.24, 2.45) is 17.4 Å². The van der Waals surface area contributed by atoms with Crippen LogP contribution in [0.4, 0.5) is 15.3 Å². The van der Waals surface area contributed by atoms with E-state index in [1.165, 1.54) is 0 Å². The summed E-state index contributed by atoms with van der Waals surface area (Å²) in [6.07, 6.45) is -4.00. The van der Waals surface area contributed by atoms with Gasteiger partial charge in [0.2, 0.25) is 11.8 Å². The van der Waals surface area contributed by atoms with E-state index >= 15 is 0 Å². The van der Waals surface area contributed by atoms with E-state index in [0.717, 1.165) is 5.56 Å². The Morgan fingerprint density at radius 3 is 2.22 bits per heavy atom. The van der Waals surface area contributed by atoms with Gasteiger partial charge in [0.05, 0.1) is 12.6 Å². The molecule has 258 valence electrons. The van der Waals surface area contributed by atoms with Crippen molar-refractivity contribution in [2.75, 3.05) is 25.0 Å². The Morgan fingerprint density at radius 1 is 0.978 bits per heavy atom. The number of primary amides is 1. The summed E-state index contributed by atoms with van der Waals surface area (Å²) in [4.78, 5) is 62.5. The zero-order valence-electron chi connectivity index (χ0n) is 27.0. The van der Waals surface area contributed by atoms with Crippen molar-refractivity contribution in [1.29, 1.82) is 0 Å². The molecule has 1 aromatic carbocycles. The minimum atomic E-state index is -1.59. The van der Waals surface area contributed by atoms with Gasteiger partial charge in [-0.15, -0.1) is 0 Å². The van der Waals surface area contributed by atoms with Crippen molar-refractivity contribution < 1.29 is 43.7 Å². The number of benzene rings is 1. The van der Waals surface area contributed by atoms with E-state index in [4.69, 9.17) is 20.9 Å². The predicted octanol–water partition coefficient (Wildman–Crippen LogP) is -0.786. The highest BCUT2D eigenvalue weighted by Gasteiger charge is 2.42. The van der Waals surface area contributed by atoms with Gasteiger partial charge in [0.15, 0.2) is 6.10 Å². The zero-order valence-corrected chi connectivity index (χ0v) is 27.0. The Labute approximate surface area is 268 Å². The normalized spacial score (nSPS) is 21.0. The van der Waals surface area contributed by atoms with E-state index in [9.17, 15) is 34.2 Å². The summed E-state index contributed by atoms with van der Waals surface area (Å²) >= 11 is 0. The largest absolute Gasteiger partial charge is 0.444 e. The molecule has 11 N–H and O–H groups in total. The lowest BCUT2D eigenvalue weighted by Gasteiger charge is -2.36. The molecule has 2 rings (SSSR count). The number of rotatable bonds is 14. The molecule has 0 aromatic heterocycles. The molecule has 0 aliphatic carbocycles. The van der Waals surface area contributed by atoms with Crippen LogP contribution in [0.15, 0.2) is 24.3 Å². The summed E-state index contributed by atoms with van der Waals surface area (Å²) < 4.78 is 10.5. The number of carbonyl (C=O) groups is 5. The molecule has 1 aliphatic rings. The Kier molecular flexibility index (Phi) is 14.6. The molecule has 1 saturated heterocycles. The van der Waals surface area contributed by atoms with E-state index in [1.807, 2.05) is 0 Å². The summed E-state index contributed by atoms with van der Waals surface area (Å²) in [7, 11) is 0. The first kappa shape index (κ1) is 38.2. The van der Waals surface area contributed by atoms with Gasteiger partial charge < -0.3 is 57.7 Å². The lowest BCUT2D eigenvalue weighted by molar-refractivity contribution is -0.168. The summed E-state index contributed by atoms with van der Waals surface area (Å²) in [6, 6.07) is 3.15. The molecule has 1 aromatic rings. The van der Waals surface area contributed by atoms with Crippen LogP contribution in [0.2, 0.25) is 0 Å². The van der Waals surface area contributed by atoms with E-state index in [-0.39, 0.29) is 19.6 Å². The van der Waals surface area contributed by atoms with E-state index < -0.39 is 77.8 Å². The molecule has 1 fully saturated rings. The molecule has 6 amide bonds. The van der Waals surface area contributed by atoms with Crippen LogP contribution in [0, 0.1) is 5.92 Å². The van der Waals surface area contributed by atoms with Gasteiger partial charge in [0.25, 0.3) is 5.91 Å². The van der Waals surface area contributed by atoms with Crippen molar-refractivity contribution >= 4 is 35.5 Å².